The van der Waals surface area contributed by atoms with Crippen LogP contribution in [0.2, 0.25) is 0 Å². The second-order valence-corrected chi connectivity index (χ2v) is 0.105. The molecule has 0 heterocycles. The van der Waals surface area contributed by atoms with E-state index in [1.54, 1.807) is 0 Å². The molecule has 0 unspecified atom stereocenters. The molecule has 0 aromatic carbocycles. The number of hydrogen-bond donors (Lipinski definition) is 1. The Morgan fingerprint density at radius 2 is 1.33 bits per heavy atom. The van der Waals surface area contributed by atoms with Crippen LogP contribution >= 0.6 is 0 Å². The van der Waals surface area contributed by atoms with E-state index in [2.05, 4.69) is 0 Å². The molecule has 0 saturated carbocycles. The van der Waals surface area contributed by atoms with E-state index in [0.717, 1.165) is 0 Å². The summed E-state index contributed by atoms with van der Waals surface area (Å²) in [7, 11) is 0. The Hall–Kier alpha value is 0.156. The molecule has 0 aliphatic rings. The van der Waals surface area contributed by atoms with Gasteiger partial charge in [0.1, 0.15) is 0 Å². The Bertz CT molecular complexity index is 15.0. The lowest BCUT2D eigenvalue weighted by Gasteiger charge is -1.34. The molecule has 0 bridgehead atoms. The first-order valence-electron chi connectivity index (χ1n) is 0.494. The van der Waals surface area contributed by atoms with Crippen LogP contribution < -0.4 is 0 Å². The number of carbonyl (C=O) groups is 1. The van der Waals surface area contributed by atoms with Crippen molar-refractivity contribution in [2.45, 2.75) is 0 Å². The molecule has 0 rings (SSSR count). The Morgan fingerprint density at radius 1 is 1.33 bits per heavy atom. The highest BCUT2D eigenvalue weighted by molar-refractivity contribution is 5.75. The topological polar surface area (TPSA) is 100 Å². The largest absolute Gasteiger partial charge is 0.483 e. The van der Waals surface area contributed by atoms with Crippen molar-refractivity contribution in [1.82, 2.24) is 0 Å². The summed E-state index contributed by atoms with van der Waals surface area (Å²) in [5, 5.41) is 6.89. The molecular formula is CH8MgO4. The van der Waals surface area contributed by atoms with Gasteiger partial charge in [0.15, 0.2) is 0 Å². The average molecular weight is 108 g/mol. The van der Waals surface area contributed by atoms with Crippen LogP contribution in [-0.2, 0) is 4.79 Å². The van der Waals surface area contributed by atoms with Crippen molar-refractivity contribution in [3.05, 3.63) is 0 Å². The van der Waals surface area contributed by atoms with Crippen LogP contribution in [0.5, 0.6) is 0 Å². The smallest absolute Gasteiger partial charge is 0.316 e. The highest BCUT2D eigenvalue weighted by Gasteiger charge is 1.22. The van der Waals surface area contributed by atoms with E-state index in [0.29, 0.717) is 0 Å². The van der Waals surface area contributed by atoms with Crippen LogP contribution in [0.4, 0.5) is 0 Å². The van der Waals surface area contributed by atoms with E-state index in [-0.39, 0.29) is 40.5 Å². The predicted molar refractivity (Wildman–Crippen MR) is 24.5 cm³/mol. The molecule has 0 spiro atoms. The quantitative estimate of drug-likeness (QED) is 0.266. The van der Waals surface area contributed by atoms with E-state index < -0.39 is 0 Å². The van der Waals surface area contributed by atoms with Gasteiger partial charge < -0.3 is 16.1 Å². The third kappa shape index (κ3) is 1700. The summed E-state index contributed by atoms with van der Waals surface area (Å²) in [5.74, 6) is 0. The first kappa shape index (κ1) is 35.2. The lowest BCUT2D eigenvalue weighted by Crippen LogP contribution is -1.49. The molecule has 5 heteroatoms. The van der Waals surface area contributed by atoms with Gasteiger partial charge in [-0.1, -0.05) is 0 Å². The van der Waals surface area contributed by atoms with Gasteiger partial charge in [-0.2, -0.15) is 0 Å². The predicted octanol–water partition coefficient (Wildman–Crippen LogP) is -2.86. The zero-order valence-corrected chi connectivity index (χ0v) is 2.43. The lowest BCUT2D eigenvalue weighted by molar-refractivity contribution is -0.122. The summed E-state index contributed by atoms with van der Waals surface area (Å²) in [6, 6.07) is 0. The van der Waals surface area contributed by atoms with Gasteiger partial charge in [0, 0.05) is 0 Å². The van der Waals surface area contributed by atoms with E-state index in [1.807, 2.05) is 0 Å². The van der Waals surface area contributed by atoms with Crippen molar-refractivity contribution in [2.24, 2.45) is 0 Å². The molecule has 0 saturated heterocycles. The Balaban J connectivity index is -0.00000000667. The van der Waals surface area contributed by atoms with Gasteiger partial charge in [0.25, 0.3) is 6.47 Å². The van der Waals surface area contributed by atoms with Gasteiger partial charge in [-0.05, 0) is 0 Å². The second kappa shape index (κ2) is 66.6. The zero-order valence-electron chi connectivity index (χ0n) is 2.43. The van der Waals surface area contributed by atoms with Crippen molar-refractivity contribution in [3.63, 3.8) is 0 Å². The highest BCUT2D eigenvalue weighted by atomic mass is 24.3. The Morgan fingerprint density at radius 3 is 1.33 bits per heavy atom. The molecule has 0 fully saturated rings. The summed E-state index contributed by atoms with van der Waals surface area (Å²) >= 11 is 0. The molecule has 38 valence electrons. The molecule has 6 heavy (non-hydrogen) atoms. The minimum atomic E-state index is -0.250. The van der Waals surface area contributed by atoms with Crippen LogP contribution in [-0.4, -0.2) is 45.6 Å². The molecule has 0 atom stereocenters. The van der Waals surface area contributed by atoms with Crippen molar-refractivity contribution in [1.29, 1.82) is 0 Å². The molecule has 0 aromatic rings. The summed E-state index contributed by atoms with van der Waals surface area (Å²) in [6.07, 6.45) is 0. The first-order chi connectivity index (χ1) is 1.41. The van der Waals surface area contributed by atoms with Crippen LogP contribution in [0.3, 0.4) is 0 Å². The van der Waals surface area contributed by atoms with Crippen LogP contribution in [0, 0.1) is 0 Å². The minimum Gasteiger partial charge on any atom is -0.483 e. The molecule has 4 nitrogen and oxygen atoms in total. The molecule has 5 N–H and O–H groups in total. The van der Waals surface area contributed by atoms with Gasteiger partial charge in [-0.25, -0.2) is 0 Å². The second-order valence-electron chi connectivity index (χ2n) is 0.105. The summed E-state index contributed by atoms with van der Waals surface area (Å²) in [5.41, 5.74) is 0. The molecule has 0 aliphatic carbocycles. The lowest BCUT2D eigenvalue weighted by atomic mass is 11.7. The molecule has 0 radical (unpaired) electrons. The third-order valence-corrected chi connectivity index (χ3v) is 0. The molecule has 0 aliphatic heterocycles. The Labute approximate surface area is 50.9 Å². The minimum absolute atomic E-state index is 0. The number of hydrogen-bond acceptors (Lipinski definition) is 1. The van der Waals surface area contributed by atoms with Crippen LogP contribution in [0.15, 0.2) is 0 Å². The fourth-order valence-electron chi connectivity index (χ4n) is 0. The van der Waals surface area contributed by atoms with Crippen LogP contribution in [0.1, 0.15) is 0 Å². The summed E-state index contributed by atoms with van der Waals surface area (Å²) in [4.78, 5) is 8.36. The summed E-state index contributed by atoms with van der Waals surface area (Å²) < 4.78 is 0. The molecule has 0 aromatic heterocycles. The maximum atomic E-state index is 8.36. The van der Waals surface area contributed by atoms with Gasteiger partial charge >= 0.3 is 23.1 Å². The third-order valence-electron chi connectivity index (χ3n) is 0. The van der Waals surface area contributed by atoms with Crippen molar-refractivity contribution in [3.8, 4) is 0 Å². The standard InChI is InChI=1S/CH2O2.Mg.2H2O.2H/c2-1-3;;;;;/h1H,(H,2,3);;2*1H2;;. The normalized spacial score (nSPS) is 2.00. The van der Waals surface area contributed by atoms with Gasteiger partial charge in [-0.15, -0.1) is 0 Å². The van der Waals surface area contributed by atoms with E-state index in [1.165, 1.54) is 0 Å². The van der Waals surface area contributed by atoms with Crippen molar-refractivity contribution >= 4 is 29.5 Å². The monoisotopic (exact) mass is 108 g/mol. The van der Waals surface area contributed by atoms with Crippen LogP contribution in [0.25, 0.3) is 0 Å². The van der Waals surface area contributed by atoms with Crippen molar-refractivity contribution in [2.75, 3.05) is 0 Å². The Kier molecular flexibility index (Phi) is 391. The van der Waals surface area contributed by atoms with Gasteiger partial charge in [-0.3, -0.25) is 4.79 Å². The highest BCUT2D eigenvalue weighted by Crippen LogP contribution is 0.966. The van der Waals surface area contributed by atoms with Crippen molar-refractivity contribution < 1.29 is 20.9 Å². The average Bonchev–Trinajstić information content (AvgIpc) is 0.918. The first-order valence-corrected chi connectivity index (χ1v) is 0.494. The zero-order chi connectivity index (χ0) is 2.71. The van der Waals surface area contributed by atoms with E-state index >= 15 is 0 Å². The van der Waals surface area contributed by atoms with E-state index in [4.69, 9.17) is 9.90 Å². The maximum Gasteiger partial charge on any atom is 0.316 e. The SMILES string of the molecule is O.O.O=CO.[MgH2]. The fraction of sp³-hybridized carbons (Fsp3) is 0. The van der Waals surface area contributed by atoms with E-state index in [9.17, 15) is 0 Å². The molecule has 0 amide bonds. The maximum absolute atomic E-state index is 8.36. The van der Waals surface area contributed by atoms with Gasteiger partial charge in [0.05, 0.1) is 0 Å². The summed E-state index contributed by atoms with van der Waals surface area (Å²) in [6.45, 7) is -0.250. The van der Waals surface area contributed by atoms with Gasteiger partial charge in [0.2, 0.25) is 0 Å². The molecular weight excluding hydrogens is 100 g/mol. The number of rotatable bonds is 0. The fourth-order valence-corrected chi connectivity index (χ4v) is 0. The number of carboxylic acid groups (broad SMARTS) is 1.